The topological polar surface area (TPSA) is 59.0 Å². The Morgan fingerprint density at radius 3 is 2.65 bits per heavy atom. The molecule has 20 heavy (non-hydrogen) atoms. The van der Waals surface area contributed by atoms with Gasteiger partial charge in [0.25, 0.3) is 5.91 Å². The Labute approximate surface area is 119 Å². The molecule has 2 aromatic rings. The molecule has 0 fully saturated rings. The normalized spacial score (nSPS) is 10.3. The van der Waals surface area contributed by atoms with E-state index >= 15 is 0 Å². The van der Waals surface area contributed by atoms with Crippen LogP contribution in [0.2, 0.25) is 0 Å². The van der Waals surface area contributed by atoms with E-state index in [9.17, 15) is 4.79 Å². The van der Waals surface area contributed by atoms with Gasteiger partial charge in [-0.05, 0) is 30.7 Å². The number of aromatic nitrogens is 2. The summed E-state index contributed by atoms with van der Waals surface area (Å²) in [6.07, 6.45) is 4.65. The number of imidazole rings is 1. The average molecular weight is 272 g/mol. The van der Waals surface area contributed by atoms with E-state index in [1.807, 2.05) is 42.1 Å². The number of carbonyl (C=O) groups is 1. The van der Waals surface area contributed by atoms with Gasteiger partial charge >= 0.3 is 0 Å². The van der Waals surface area contributed by atoms with Crippen molar-refractivity contribution in [2.75, 3.05) is 11.9 Å². The maximum Gasteiger partial charge on any atom is 0.251 e. The molecule has 1 heterocycles. The van der Waals surface area contributed by atoms with Crippen molar-refractivity contribution < 1.29 is 4.79 Å². The molecule has 2 rings (SSSR count). The first-order chi connectivity index (χ1) is 9.70. The van der Waals surface area contributed by atoms with Crippen LogP contribution in [0, 0.1) is 0 Å². The second-order valence-electron chi connectivity index (χ2n) is 4.64. The van der Waals surface area contributed by atoms with Crippen LogP contribution in [-0.2, 0) is 13.6 Å². The van der Waals surface area contributed by atoms with Crippen LogP contribution in [0.5, 0.6) is 0 Å². The van der Waals surface area contributed by atoms with Gasteiger partial charge in [-0.3, -0.25) is 4.79 Å². The van der Waals surface area contributed by atoms with Gasteiger partial charge in [0.2, 0.25) is 0 Å². The van der Waals surface area contributed by atoms with Gasteiger partial charge in [-0.2, -0.15) is 0 Å². The van der Waals surface area contributed by atoms with E-state index < -0.39 is 0 Å². The third-order valence-electron chi connectivity index (χ3n) is 3.05. The Morgan fingerprint density at radius 1 is 1.30 bits per heavy atom. The summed E-state index contributed by atoms with van der Waals surface area (Å²) < 4.78 is 1.89. The fourth-order valence-electron chi connectivity index (χ4n) is 1.84. The van der Waals surface area contributed by atoms with Crippen LogP contribution in [0.25, 0.3) is 0 Å². The highest BCUT2D eigenvalue weighted by Gasteiger charge is 2.06. The van der Waals surface area contributed by atoms with Gasteiger partial charge < -0.3 is 15.2 Å². The van der Waals surface area contributed by atoms with Crippen molar-refractivity contribution in [2.24, 2.45) is 7.05 Å². The SMILES string of the molecule is CCCNc1ccc(C(=O)NCc2nccn2C)cc1. The lowest BCUT2D eigenvalue weighted by Crippen LogP contribution is -2.24. The molecule has 1 aromatic carbocycles. The number of anilines is 1. The lowest BCUT2D eigenvalue weighted by atomic mass is 10.2. The highest BCUT2D eigenvalue weighted by molar-refractivity contribution is 5.94. The lowest BCUT2D eigenvalue weighted by molar-refractivity contribution is 0.0949. The quantitative estimate of drug-likeness (QED) is 0.847. The maximum atomic E-state index is 12.0. The molecule has 0 atom stereocenters. The second kappa shape index (κ2) is 6.75. The summed E-state index contributed by atoms with van der Waals surface area (Å²) in [5, 5.41) is 6.14. The Balaban J connectivity index is 1.90. The molecule has 0 aliphatic rings. The van der Waals surface area contributed by atoms with Crippen molar-refractivity contribution in [1.82, 2.24) is 14.9 Å². The molecule has 0 bridgehead atoms. The standard InChI is InChI=1S/C15H20N4O/c1-3-8-16-13-6-4-12(5-7-13)15(20)18-11-14-17-9-10-19(14)2/h4-7,9-10,16H,3,8,11H2,1-2H3,(H,18,20). The van der Waals surface area contributed by atoms with E-state index in [0.717, 1.165) is 24.5 Å². The molecule has 5 nitrogen and oxygen atoms in total. The summed E-state index contributed by atoms with van der Waals surface area (Å²) >= 11 is 0. The van der Waals surface area contributed by atoms with E-state index in [0.29, 0.717) is 12.1 Å². The average Bonchev–Trinajstić information content (AvgIpc) is 2.88. The third kappa shape index (κ3) is 3.60. The van der Waals surface area contributed by atoms with E-state index in [1.165, 1.54) is 0 Å². The number of rotatable bonds is 6. The fraction of sp³-hybridized carbons (Fsp3) is 0.333. The summed E-state index contributed by atoms with van der Waals surface area (Å²) in [4.78, 5) is 16.2. The number of nitrogens with zero attached hydrogens (tertiary/aromatic N) is 2. The van der Waals surface area contributed by atoms with Crippen molar-refractivity contribution in [3.8, 4) is 0 Å². The predicted octanol–water partition coefficient (Wildman–Crippen LogP) is 2.17. The van der Waals surface area contributed by atoms with Crippen molar-refractivity contribution in [2.45, 2.75) is 19.9 Å². The number of aryl methyl sites for hydroxylation is 1. The van der Waals surface area contributed by atoms with Crippen LogP contribution in [-0.4, -0.2) is 22.0 Å². The van der Waals surface area contributed by atoms with Gasteiger partial charge in [0.15, 0.2) is 0 Å². The lowest BCUT2D eigenvalue weighted by Gasteiger charge is -2.07. The van der Waals surface area contributed by atoms with Gasteiger partial charge in [-0.15, -0.1) is 0 Å². The smallest absolute Gasteiger partial charge is 0.251 e. The first kappa shape index (κ1) is 14.1. The highest BCUT2D eigenvalue weighted by atomic mass is 16.1. The minimum atomic E-state index is -0.0879. The van der Waals surface area contributed by atoms with Crippen molar-refractivity contribution in [1.29, 1.82) is 0 Å². The van der Waals surface area contributed by atoms with Gasteiger partial charge in [0, 0.05) is 37.2 Å². The van der Waals surface area contributed by atoms with Crippen molar-refractivity contribution in [3.63, 3.8) is 0 Å². The number of amides is 1. The third-order valence-corrected chi connectivity index (χ3v) is 3.05. The summed E-state index contributed by atoms with van der Waals surface area (Å²) in [6, 6.07) is 7.49. The largest absolute Gasteiger partial charge is 0.385 e. The number of hydrogen-bond donors (Lipinski definition) is 2. The number of carbonyl (C=O) groups excluding carboxylic acids is 1. The van der Waals surface area contributed by atoms with Crippen LogP contribution < -0.4 is 10.6 Å². The first-order valence-corrected chi connectivity index (χ1v) is 6.79. The fourth-order valence-corrected chi connectivity index (χ4v) is 1.84. The molecule has 5 heteroatoms. The minimum Gasteiger partial charge on any atom is -0.385 e. The summed E-state index contributed by atoms with van der Waals surface area (Å²) in [6.45, 7) is 3.48. The molecule has 0 unspecified atom stereocenters. The van der Waals surface area contributed by atoms with Crippen LogP contribution in [0.4, 0.5) is 5.69 Å². The summed E-state index contributed by atoms with van der Waals surface area (Å²) in [5.74, 6) is 0.745. The Kier molecular flexibility index (Phi) is 4.76. The second-order valence-corrected chi connectivity index (χ2v) is 4.64. The van der Waals surface area contributed by atoms with Crippen LogP contribution in [0.3, 0.4) is 0 Å². The molecule has 0 aliphatic heterocycles. The van der Waals surface area contributed by atoms with Crippen LogP contribution >= 0.6 is 0 Å². The molecule has 1 amide bonds. The van der Waals surface area contributed by atoms with E-state index in [4.69, 9.17) is 0 Å². The Morgan fingerprint density at radius 2 is 2.05 bits per heavy atom. The molecule has 1 aromatic heterocycles. The Hall–Kier alpha value is -2.30. The summed E-state index contributed by atoms with van der Waals surface area (Å²) in [7, 11) is 1.91. The van der Waals surface area contributed by atoms with Gasteiger partial charge in [-0.1, -0.05) is 6.92 Å². The van der Waals surface area contributed by atoms with E-state index in [2.05, 4.69) is 22.5 Å². The van der Waals surface area contributed by atoms with Gasteiger partial charge in [-0.25, -0.2) is 4.98 Å². The summed E-state index contributed by atoms with van der Waals surface area (Å²) in [5.41, 5.74) is 1.69. The zero-order valence-electron chi connectivity index (χ0n) is 11.9. The van der Waals surface area contributed by atoms with E-state index in [1.54, 1.807) is 6.20 Å². The van der Waals surface area contributed by atoms with Crippen LogP contribution in [0.15, 0.2) is 36.7 Å². The van der Waals surface area contributed by atoms with Crippen molar-refractivity contribution in [3.05, 3.63) is 48.0 Å². The molecule has 0 aliphatic carbocycles. The zero-order chi connectivity index (χ0) is 14.4. The van der Waals surface area contributed by atoms with Gasteiger partial charge in [0.05, 0.1) is 6.54 Å². The molecule has 2 N–H and O–H groups in total. The zero-order valence-corrected chi connectivity index (χ0v) is 11.9. The minimum absolute atomic E-state index is 0.0879. The van der Waals surface area contributed by atoms with E-state index in [-0.39, 0.29) is 5.91 Å². The number of nitrogens with one attached hydrogen (secondary N) is 2. The molecular formula is C15H20N4O. The number of hydrogen-bond acceptors (Lipinski definition) is 3. The van der Waals surface area contributed by atoms with Crippen LogP contribution in [0.1, 0.15) is 29.5 Å². The van der Waals surface area contributed by atoms with Crippen molar-refractivity contribution >= 4 is 11.6 Å². The monoisotopic (exact) mass is 272 g/mol. The maximum absolute atomic E-state index is 12.0. The Bertz CT molecular complexity index is 560. The number of benzene rings is 1. The van der Waals surface area contributed by atoms with Gasteiger partial charge in [0.1, 0.15) is 5.82 Å². The molecule has 106 valence electrons. The highest BCUT2D eigenvalue weighted by Crippen LogP contribution is 2.09. The molecular weight excluding hydrogens is 252 g/mol. The first-order valence-electron chi connectivity index (χ1n) is 6.79. The predicted molar refractivity (Wildman–Crippen MR) is 79.6 cm³/mol. The molecule has 0 spiro atoms. The molecule has 0 saturated carbocycles. The molecule has 0 radical (unpaired) electrons. The molecule has 0 saturated heterocycles.